The first-order valence-electron chi connectivity index (χ1n) is 18.7. The average molecular weight is 680 g/mol. The van der Waals surface area contributed by atoms with Crippen molar-refractivity contribution < 1.29 is 14.4 Å². The van der Waals surface area contributed by atoms with Crippen LogP contribution in [0.1, 0.15) is 149 Å². The third-order valence-electron chi connectivity index (χ3n) is 8.36. The molecule has 0 saturated heterocycles. The van der Waals surface area contributed by atoms with E-state index >= 15 is 0 Å². The van der Waals surface area contributed by atoms with E-state index in [1.165, 1.54) is 0 Å². The van der Waals surface area contributed by atoms with Crippen molar-refractivity contribution in [1.29, 1.82) is 0 Å². The van der Waals surface area contributed by atoms with Gasteiger partial charge in [0, 0.05) is 58.5 Å². The fourth-order valence-corrected chi connectivity index (χ4v) is 7.60. The van der Waals surface area contributed by atoms with E-state index in [9.17, 15) is 14.4 Å². The first-order valence-corrected chi connectivity index (χ1v) is 18.7. The molecule has 0 fully saturated rings. The Bertz CT molecular complexity index is 919. The van der Waals surface area contributed by atoms with Crippen molar-refractivity contribution in [2.75, 3.05) is 59.4 Å². The largest absolute Gasteiger partial charge is 0.356 e. The number of hydrogen-bond acceptors (Lipinski definition) is 5. The minimum atomic E-state index is 0.0244. The SMILES string of the molecule is CN(CCCN(CCC(=O)NCC(C)(C)CC(C)(C)C)CCC(=O)NCC(C)(C)CC(C)(C)C)CCC(=O)NCC(C)(C)CC(C)(C)C. The Morgan fingerprint density at radius 3 is 1.02 bits per heavy atom. The summed E-state index contributed by atoms with van der Waals surface area (Å²) in [6.07, 6.45) is 5.29. The van der Waals surface area contributed by atoms with Crippen molar-refractivity contribution in [2.45, 2.75) is 149 Å². The van der Waals surface area contributed by atoms with Crippen LogP contribution in [-0.2, 0) is 14.4 Å². The molecule has 0 aliphatic heterocycles. The number of nitrogens with one attached hydrogen (secondary N) is 3. The number of carbonyl (C=O) groups is 3. The Morgan fingerprint density at radius 2 is 0.729 bits per heavy atom. The van der Waals surface area contributed by atoms with Crippen LogP contribution >= 0.6 is 0 Å². The number of amides is 3. The van der Waals surface area contributed by atoms with E-state index in [0.29, 0.717) is 58.5 Å². The zero-order valence-electron chi connectivity index (χ0n) is 34.7. The van der Waals surface area contributed by atoms with Crippen molar-refractivity contribution in [3.8, 4) is 0 Å². The molecule has 0 unspecified atom stereocenters. The molecule has 0 radical (unpaired) electrons. The van der Waals surface area contributed by atoms with Gasteiger partial charge >= 0.3 is 0 Å². The minimum absolute atomic E-state index is 0.0244. The smallest absolute Gasteiger partial charge is 0.221 e. The Labute approximate surface area is 298 Å². The summed E-state index contributed by atoms with van der Waals surface area (Å²) in [4.78, 5) is 42.8. The van der Waals surface area contributed by atoms with Crippen LogP contribution in [0.25, 0.3) is 0 Å². The molecule has 0 bridgehead atoms. The third kappa shape index (κ3) is 27.2. The van der Waals surface area contributed by atoms with Gasteiger partial charge in [-0.15, -0.1) is 0 Å². The predicted octanol–water partition coefficient (Wildman–Crippen LogP) is 7.52. The van der Waals surface area contributed by atoms with E-state index in [1.807, 2.05) is 0 Å². The van der Waals surface area contributed by atoms with Gasteiger partial charge in [0.15, 0.2) is 0 Å². The number of rotatable bonds is 22. The van der Waals surface area contributed by atoms with Crippen LogP contribution in [0, 0.1) is 32.5 Å². The summed E-state index contributed by atoms with van der Waals surface area (Å²) in [6.45, 7) is 38.9. The average Bonchev–Trinajstić information content (AvgIpc) is 2.85. The fraction of sp³-hybridized carbons (Fsp3) is 0.925. The highest BCUT2D eigenvalue weighted by Gasteiger charge is 2.28. The maximum atomic E-state index is 12.9. The highest BCUT2D eigenvalue weighted by molar-refractivity contribution is 5.77. The molecule has 8 nitrogen and oxygen atoms in total. The van der Waals surface area contributed by atoms with E-state index in [4.69, 9.17) is 0 Å². The lowest BCUT2D eigenvalue weighted by molar-refractivity contribution is -0.123. The molecule has 0 heterocycles. The van der Waals surface area contributed by atoms with Gasteiger partial charge in [-0.1, -0.05) is 104 Å². The van der Waals surface area contributed by atoms with Gasteiger partial charge in [0.25, 0.3) is 0 Å². The van der Waals surface area contributed by atoms with Gasteiger partial charge in [0.05, 0.1) is 0 Å². The number of carbonyl (C=O) groups excluding carboxylic acids is 3. The fourth-order valence-electron chi connectivity index (χ4n) is 7.60. The molecular weight excluding hydrogens is 598 g/mol. The Kier molecular flexibility index (Phi) is 19.0. The van der Waals surface area contributed by atoms with Crippen LogP contribution in [0.5, 0.6) is 0 Å². The van der Waals surface area contributed by atoms with Crippen molar-refractivity contribution in [2.24, 2.45) is 32.5 Å². The van der Waals surface area contributed by atoms with E-state index < -0.39 is 0 Å². The molecule has 0 aromatic rings. The lowest BCUT2D eigenvalue weighted by Crippen LogP contribution is -2.40. The third-order valence-corrected chi connectivity index (χ3v) is 8.36. The van der Waals surface area contributed by atoms with Crippen LogP contribution in [0.4, 0.5) is 0 Å². The van der Waals surface area contributed by atoms with Gasteiger partial charge in [0.1, 0.15) is 0 Å². The Morgan fingerprint density at radius 1 is 0.438 bits per heavy atom. The summed E-state index contributed by atoms with van der Waals surface area (Å²) >= 11 is 0. The number of hydrogen-bond donors (Lipinski definition) is 3. The standard InChI is InChI=1S/C40H81N5O3/c1-35(2,3)26-38(10,11)29-41-32(46)18-23-44(16)21-17-22-45(24-19-33(47)42-30-39(12,13)27-36(4,5)6)25-20-34(48)43-31-40(14,15)28-37(7,8)9/h17-31H2,1-16H3,(H,41,46)(H,42,47)(H,43,48). The summed E-state index contributed by atoms with van der Waals surface area (Å²) in [6, 6.07) is 0. The topological polar surface area (TPSA) is 93.8 Å². The second kappa shape index (κ2) is 19.7. The van der Waals surface area contributed by atoms with Gasteiger partial charge in [-0.3, -0.25) is 14.4 Å². The van der Waals surface area contributed by atoms with Crippen LogP contribution in [-0.4, -0.2) is 86.9 Å². The summed E-state index contributed by atoms with van der Waals surface area (Å²) in [7, 11) is 2.06. The van der Waals surface area contributed by atoms with Crippen molar-refractivity contribution in [1.82, 2.24) is 25.8 Å². The monoisotopic (exact) mass is 680 g/mol. The minimum Gasteiger partial charge on any atom is -0.356 e. The summed E-state index contributed by atoms with van der Waals surface area (Å²) in [5, 5.41) is 9.47. The second-order valence-electron chi connectivity index (χ2n) is 20.8. The zero-order chi connectivity index (χ0) is 37.6. The first-order chi connectivity index (χ1) is 21.5. The normalized spacial score (nSPS) is 13.6. The summed E-state index contributed by atoms with van der Waals surface area (Å²) < 4.78 is 0. The quantitative estimate of drug-likeness (QED) is 0.110. The molecule has 0 saturated carbocycles. The Hall–Kier alpha value is -1.67. The molecule has 0 rings (SSSR count). The van der Waals surface area contributed by atoms with Gasteiger partial charge in [-0.25, -0.2) is 0 Å². The predicted molar refractivity (Wildman–Crippen MR) is 205 cm³/mol. The Balaban J connectivity index is 5.00. The van der Waals surface area contributed by atoms with Crippen molar-refractivity contribution in [3.05, 3.63) is 0 Å². The lowest BCUT2D eigenvalue weighted by Gasteiger charge is -2.33. The highest BCUT2D eigenvalue weighted by atomic mass is 16.2. The van der Waals surface area contributed by atoms with E-state index in [0.717, 1.165) is 38.8 Å². The lowest BCUT2D eigenvalue weighted by atomic mass is 9.76. The maximum Gasteiger partial charge on any atom is 0.221 e. The molecule has 0 aliphatic rings. The van der Waals surface area contributed by atoms with E-state index in [1.54, 1.807) is 0 Å². The molecule has 0 aromatic carbocycles. The number of nitrogens with zero attached hydrogens (tertiary/aromatic N) is 2. The summed E-state index contributed by atoms with van der Waals surface area (Å²) in [5.41, 5.74) is 0.735. The van der Waals surface area contributed by atoms with E-state index in [-0.39, 0.29) is 50.2 Å². The maximum absolute atomic E-state index is 12.9. The van der Waals surface area contributed by atoms with Crippen LogP contribution in [0.15, 0.2) is 0 Å². The zero-order valence-corrected chi connectivity index (χ0v) is 34.7. The van der Waals surface area contributed by atoms with Crippen LogP contribution < -0.4 is 16.0 Å². The molecule has 284 valence electrons. The summed E-state index contributed by atoms with van der Waals surface area (Å²) in [5.74, 6) is 0.215. The second-order valence-corrected chi connectivity index (χ2v) is 20.8. The van der Waals surface area contributed by atoms with Gasteiger partial charge < -0.3 is 25.8 Å². The molecule has 3 amide bonds. The van der Waals surface area contributed by atoms with Crippen LogP contribution in [0.3, 0.4) is 0 Å². The highest BCUT2D eigenvalue weighted by Crippen LogP contribution is 2.34. The molecule has 0 aliphatic carbocycles. The molecule has 3 N–H and O–H groups in total. The first kappa shape index (κ1) is 46.3. The molecule has 0 aromatic heterocycles. The van der Waals surface area contributed by atoms with Gasteiger partial charge in [-0.05, 0) is 78.3 Å². The van der Waals surface area contributed by atoms with Gasteiger partial charge in [-0.2, -0.15) is 0 Å². The van der Waals surface area contributed by atoms with Crippen molar-refractivity contribution in [3.63, 3.8) is 0 Å². The molecule has 8 heteroatoms. The molecule has 0 spiro atoms. The molecule has 48 heavy (non-hydrogen) atoms. The van der Waals surface area contributed by atoms with Crippen LogP contribution in [0.2, 0.25) is 0 Å². The molecular formula is C40H81N5O3. The van der Waals surface area contributed by atoms with Gasteiger partial charge in [0.2, 0.25) is 17.7 Å². The molecule has 0 atom stereocenters. The van der Waals surface area contributed by atoms with Crippen molar-refractivity contribution >= 4 is 17.7 Å². The van der Waals surface area contributed by atoms with E-state index in [2.05, 4.69) is 137 Å².